The third-order valence-corrected chi connectivity index (χ3v) is 1.38. The summed E-state index contributed by atoms with van der Waals surface area (Å²) < 4.78 is 4.95. The van der Waals surface area contributed by atoms with Crippen LogP contribution in [0.5, 0.6) is 0 Å². The van der Waals surface area contributed by atoms with Crippen LogP contribution in [-0.4, -0.2) is 23.0 Å². The Kier molecular flexibility index (Phi) is 4.27. The zero-order valence-electron chi connectivity index (χ0n) is 8.86. The van der Waals surface area contributed by atoms with Crippen LogP contribution in [0.25, 0.3) is 0 Å². The fraction of sp³-hybridized carbons (Fsp3) is 0.667. The highest BCUT2D eigenvalue weighted by molar-refractivity contribution is 5.66. The van der Waals surface area contributed by atoms with E-state index in [1.807, 2.05) is 0 Å². The minimum atomic E-state index is -0.786. The van der Waals surface area contributed by atoms with Crippen molar-refractivity contribution < 1.29 is 14.5 Å². The van der Waals surface area contributed by atoms with Crippen LogP contribution in [-0.2, 0) is 9.53 Å². The highest BCUT2D eigenvalue weighted by Gasteiger charge is 2.19. The Bertz CT molecular complexity index is 268. The number of esters is 1. The van der Waals surface area contributed by atoms with E-state index in [2.05, 4.69) is 0 Å². The van der Waals surface area contributed by atoms with Gasteiger partial charge in [0.2, 0.25) is 6.54 Å². The van der Waals surface area contributed by atoms with Gasteiger partial charge in [-0.2, -0.15) is 0 Å². The van der Waals surface area contributed by atoms with E-state index >= 15 is 0 Å². The minimum absolute atomic E-state index is 0.231. The number of rotatable bonds is 4. The Morgan fingerprint density at radius 3 is 2.36 bits per heavy atom. The average molecular weight is 201 g/mol. The molecule has 0 aromatic carbocycles. The minimum Gasteiger partial charge on any atom is -0.456 e. The fourth-order valence-electron chi connectivity index (χ4n) is 1.24. The van der Waals surface area contributed by atoms with Gasteiger partial charge in [-0.25, -0.2) is 0 Å². The molecule has 0 radical (unpaired) electrons. The summed E-state index contributed by atoms with van der Waals surface area (Å²) in [5.41, 5.74) is -0.215. The van der Waals surface area contributed by atoms with E-state index in [0.29, 0.717) is 5.57 Å². The molecule has 0 aromatic heterocycles. The number of ether oxygens (including phenoxy) is 1. The van der Waals surface area contributed by atoms with Crippen molar-refractivity contribution >= 4 is 5.97 Å². The van der Waals surface area contributed by atoms with Crippen LogP contribution in [0.3, 0.4) is 0 Å². The topological polar surface area (TPSA) is 69.4 Å². The molecule has 80 valence electrons. The van der Waals surface area contributed by atoms with Gasteiger partial charge in [0.05, 0.1) is 0 Å². The Morgan fingerprint density at radius 1 is 1.50 bits per heavy atom. The highest BCUT2D eigenvalue weighted by atomic mass is 16.6. The first-order valence-corrected chi connectivity index (χ1v) is 4.22. The zero-order chi connectivity index (χ0) is 11.4. The average Bonchev–Trinajstić information content (AvgIpc) is 1.77. The third kappa shape index (κ3) is 6.16. The van der Waals surface area contributed by atoms with Crippen LogP contribution in [0.15, 0.2) is 11.6 Å². The van der Waals surface area contributed by atoms with E-state index < -0.39 is 16.5 Å². The molecule has 0 amide bonds. The first-order chi connectivity index (χ1) is 6.23. The summed E-state index contributed by atoms with van der Waals surface area (Å²) in [5, 5.41) is 10.2. The fourth-order valence-corrected chi connectivity index (χ4v) is 1.24. The first-order valence-electron chi connectivity index (χ1n) is 4.22. The molecule has 0 bridgehead atoms. The van der Waals surface area contributed by atoms with Crippen molar-refractivity contribution in [2.75, 3.05) is 6.54 Å². The molecule has 0 aliphatic rings. The van der Waals surface area contributed by atoms with Crippen molar-refractivity contribution in [3.8, 4) is 0 Å². The van der Waals surface area contributed by atoms with Gasteiger partial charge in [-0.05, 0) is 32.4 Å². The van der Waals surface area contributed by atoms with Gasteiger partial charge in [0.1, 0.15) is 5.60 Å². The van der Waals surface area contributed by atoms with E-state index in [1.165, 1.54) is 6.92 Å². The predicted molar refractivity (Wildman–Crippen MR) is 51.5 cm³/mol. The van der Waals surface area contributed by atoms with Crippen molar-refractivity contribution in [1.82, 2.24) is 0 Å². The van der Waals surface area contributed by atoms with Crippen molar-refractivity contribution in [3.63, 3.8) is 0 Å². The molecule has 0 fully saturated rings. The Hall–Kier alpha value is -1.39. The summed E-state index contributed by atoms with van der Waals surface area (Å²) in [6.07, 6.45) is 1.58. The summed E-state index contributed by atoms with van der Waals surface area (Å²) >= 11 is 0. The molecular weight excluding hydrogens is 186 g/mol. The summed E-state index contributed by atoms with van der Waals surface area (Å²) in [4.78, 5) is 20.4. The highest BCUT2D eigenvalue weighted by Crippen LogP contribution is 2.14. The molecule has 0 aliphatic heterocycles. The van der Waals surface area contributed by atoms with Crippen molar-refractivity contribution in [2.24, 2.45) is 0 Å². The molecule has 0 N–H and O–H groups in total. The van der Waals surface area contributed by atoms with Crippen LogP contribution in [0.4, 0.5) is 0 Å². The van der Waals surface area contributed by atoms with Gasteiger partial charge < -0.3 is 4.74 Å². The molecule has 0 heterocycles. The quantitative estimate of drug-likeness (QED) is 0.299. The van der Waals surface area contributed by atoms with Gasteiger partial charge in [-0.1, -0.05) is 0 Å². The lowest BCUT2D eigenvalue weighted by Crippen LogP contribution is -2.25. The van der Waals surface area contributed by atoms with E-state index in [9.17, 15) is 14.9 Å². The number of hydrogen-bond donors (Lipinski definition) is 0. The van der Waals surface area contributed by atoms with Gasteiger partial charge in [-0.3, -0.25) is 14.9 Å². The standard InChI is InChI=1S/C9H15NO4/c1-7(6-10(12)13)5-9(3,4)14-8(2)11/h5H,6H2,1-4H3. The number of hydrogen-bond acceptors (Lipinski definition) is 4. The molecule has 0 atom stereocenters. The summed E-state index contributed by atoms with van der Waals surface area (Å²) in [6.45, 7) is 6.06. The van der Waals surface area contributed by atoms with E-state index in [1.54, 1.807) is 26.8 Å². The van der Waals surface area contributed by atoms with Crippen LogP contribution in [0.1, 0.15) is 27.7 Å². The second-order valence-corrected chi connectivity index (χ2v) is 3.68. The van der Waals surface area contributed by atoms with Gasteiger partial charge in [0.25, 0.3) is 0 Å². The molecular formula is C9H15NO4. The Balaban J connectivity index is 4.44. The maximum absolute atomic E-state index is 10.7. The number of nitro groups is 1. The molecule has 14 heavy (non-hydrogen) atoms. The normalized spacial score (nSPS) is 12.4. The van der Waals surface area contributed by atoms with Crippen molar-refractivity contribution in [2.45, 2.75) is 33.3 Å². The maximum atomic E-state index is 10.7. The van der Waals surface area contributed by atoms with E-state index in [4.69, 9.17) is 4.74 Å². The van der Waals surface area contributed by atoms with Crippen LogP contribution in [0, 0.1) is 10.1 Å². The van der Waals surface area contributed by atoms with Crippen LogP contribution >= 0.6 is 0 Å². The van der Waals surface area contributed by atoms with E-state index in [0.717, 1.165) is 0 Å². The van der Waals surface area contributed by atoms with E-state index in [-0.39, 0.29) is 6.54 Å². The lowest BCUT2D eigenvalue weighted by atomic mass is 10.1. The molecule has 5 heteroatoms. The van der Waals surface area contributed by atoms with Gasteiger partial charge in [0.15, 0.2) is 0 Å². The molecule has 0 aromatic rings. The molecule has 0 aliphatic carbocycles. The third-order valence-electron chi connectivity index (χ3n) is 1.38. The lowest BCUT2D eigenvalue weighted by Gasteiger charge is -2.20. The number of nitrogens with zero attached hydrogens (tertiary/aromatic N) is 1. The van der Waals surface area contributed by atoms with Gasteiger partial charge >= 0.3 is 5.97 Å². The molecule has 5 nitrogen and oxygen atoms in total. The molecule has 0 spiro atoms. The van der Waals surface area contributed by atoms with Gasteiger partial charge in [0, 0.05) is 11.8 Å². The van der Waals surface area contributed by atoms with Crippen molar-refractivity contribution in [1.29, 1.82) is 0 Å². The SMILES string of the molecule is CC(=O)OC(C)(C)C=C(C)C[N+](=O)[O-]. The molecule has 0 rings (SSSR count). The van der Waals surface area contributed by atoms with Crippen molar-refractivity contribution in [3.05, 3.63) is 21.8 Å². The molecule has 0 saturated heterocycles. The monoisotopic (exact) mass is 201 g/mol. The van der Waals surface area contributed by atoms with Gasteiger partial charge in [-0.15, -0.1) is 0 Å². The zero-order valence-corrected chi connectivity index (χ0v) is 8.86. The summed E-state index contributed by atoms with van der Waals surface area (Å²) in [6, 6.07) is 0. The summed E-state index contributed by atoms with van der Waals surface area (Å²) in [5.74, 6) is -0.403. The predicted octanol–water partition coefficient (Wildman–Crippen LogP) is 1.55. The summed E-state index contributed by atoms with van der Waals surface area (Å²) in [7, 11) is 0. The second kappa shape index (κ2) is 4.74. The lowest BCUT2D eigenvalue weighted by molar-refractivity contribution is -0.470. The number of carbonyl (C=O) groups is 1. The first kappa shape index (κ1) is 12.6. The smallest absolute Gasteiger partial charge is 0.303 e. The Labute approximate surface area is 82.9 Å². The second-order valence-electron chi connectivity index (χ2n) is 3.68. The number of carbonyl (C=O) groups excluding carboxylic acids is 1. The van der Waals surface area contributed by atoms with Crippen LogP contribution < -0.4 is 0 Å². The van der Waals surface area contributed by atoms with Crippen LogP contribution in [0.2, 0.25) is 0 Å². The molecule has 0 saturated carbocycles. The molecule has 0 unspecified atom stereocenters. The Morgan fingerprint density at radius 2 is 2.00 bits per heavy atom. The largest absolute Gasteiger partial charge is 0.456 e. The maximum Gasteiger partial charge on any atom is 0.303 e.